The molecule has 0 spiro atoms. The van der Waals surface area contributed by atoms with Crippen molar-refractivity contribution in [1.82, 2.24) is 9.88 Å². The molecule has 5 nitrogen and oxygen atoms in total. The lowest BCUT2D eigenvalue weighted by atomic mass is 9.91. The number of aromatic nitrogens is 1. The minimum atomic E-state index is -0.230. The van der Waals surface area contributed by atoms with Crippen LogP contribution in [0.3, 0.4) is 0 Å². The van der Waals surface area contributed by atoms with Crippen molar-refractivity contribution in [2.75, 3.05) is 44.8 Å². The van der Waals surface area contributed by atoms with Gasteiger partial charge in [0.05, 0.1) is 13.7 Å². The predicted molar refractivity (Wildman–Crippen MR) is 103 cm³/mol. The van der Waals surface area contributed by atoms with Crippen molar-refractivity contribution >= 4 is 5.82 Å². The van der Waals surface area contributed by atoms with E-state index in [4.69, 9.17) is 9.47 Å². The number of pyridine rings is 1. The van der Waals surface area contributed by atoms with E-state index in [1.54, 1.807) is 19.2 Å². The van der Waals surface area contributed by atoms with Crippen LogP contribution >= 0.6 is 0 Å². The van der Waals surface area contributed by atoms with Crippen LogP contribution < -0.4 is 14.4 Å². The maximum Gasteiger partial charge on any atom is 0.214 e. The van der Waals surface area contributed by atoms with Gasteiger partial charge >= 0.3 is 0 Å². The standard InChI is InChI=1S/C21H26FN3O2/c1-26-21-4-2-3-20(23-21)25-12-11-24-13-16(5-8-18(24)14-25)15-27-19-9-6-17(22)7-10-19/h2-4,6-7,9-10,16,18H,5,8,11-15H2,1H3/t16-,18+/m1/s1. The second kappa shape index (κ2) is 8.13. The van der Waals surface area contributed by atoms with E-state index in [1.807, 2.05) is 12.1 Å². The van der Waals surface area contributed by atoms with Gasteiger partial charge in [-0.1, -0.05) is 6.07 Å². The fourth-order valence-electron chi connectivity index (χ4n) is 4.04. The van der Waals surface area contributed by atoms with Crippen LogP contribution in [-0.2, 0) is 0 Å². The first-order valence-corrected chi connectivity index (χ1v) is 9.59. The van der Waals surface area contributed by atoms with Gasteiger partial charge in [0.25, 0.3) is 0 Å². The first kappa shape index (κ1) is 18.0. The Hall–Kier alpha value is -2.34. The molecule has 0 amide bonds. The Balaban J connectivity index is 1.30. The fourth-order valence-corrected chi connectivity index (χ4v) is 4.04. The van der Waals surface area contributed by atoms with Gasteiger partial charge in [0.2, 0.25) is 5.88 Å². The molecule has 2 fully saturated rings. The largest absolute Gasteiger partial charge is 0.493 e. The second-order valence-corrected chi connectivity index (χ2v) is 7.34. The van der Waals surface area contributed by atoms with Gasteiger partial charge < -0.3 is 14.4 Å². The van der Waals surface area contributed by atoms with Crippen LogP contribution in [0.2, 0.25) is 0 Å². The van der Waals surface area contributed by atoms with E-state index in [1.165, 1.54) is 12.1 Å². The molecule has 2 atom stereocenters. The van der Waals surface area contributed by atoms with E-state index in [0.29, 0.717) is 24.4 Å². The topological polar surface area (TPSA) is 37.8 Å². The van der Waals surface area contributed by atoms with Crippen molar-refractivity contribution in [3.63, 3.8) is 0 Å². The molecule has 2 aliphatic heterocycles. The number of piperazine rings is 1. The zero-order chi connectivity index (χ0) is 18.6. The molecule has 0 radical (unpaired) electrons. The van der Waals surface area contributed by atoms with Crippen molar-refractivity contribution in [2.24, 2.45) is 5.92 Å². The first-order chi connectivity index (χ1) is 13.2. The molecule has 2 aliphatic rings. The number of anilines is 1. The summed E-state index contributed by atoms with van der Waals surface area (Å²) in [6.45, 7) is 4.77. The summed E-state index contributed by atoms with van der Waals surface area (Å²) in [5, 5.41) is 0. The lowest BCUT2D eigenvalue weighted by molar-refractivity contribution is 0.0727. The molecule has 2 saturated heterocycles. The van der Waals surface area contributed by atoms with Crippen LogP contribution in [0.1, 0.15) is 12.8 Å². The Kier molecular flexibility index (Phi) is 5.43. The summed E-state index contributed by atoms with van der Waals surface area (Å²) >= 11 is 0. The number of hydrogen-bond donors (Lipinski definition) is 0. The van der Waals surface area contributed by atoms with Gasteiger partial charge in [0, 0.05) is 44.2 Å². The first-order valence-electron chi connectivity index (χ1n) is 9.59. The Morgan fingerprint density at radius 2 is 1.93 bits per heavy atom. The summed E-state index contributed by atoms with van der Waals surface area (Å²) in [6, 6.07) is 12.8. The van der Waals surface area contributed by atoms with Crippen LogP contribution in [0, 0.1) is 11.7 Å². The molecule has 4 rings (SSSR count). The van der Waals surface area contributed by atoms with Gasteiger partial charge in [-0.3, -0.25) is 4.90 Å². The minimum Gasteiger partial charge on any atom is -0.493 e. The molecule has 2 aromatic rings. The zero-order valence-electron chi connectivity index (χ0n) is 15.7. The number of rotatable bonds is 5. The number of ether oxygens (including phenoxy) is 2. The van der Waals surface area contributed by atoms with E-state index in [2.05, 4.69) is 20.9 Å². The summed E-state index contributed by atoms with van der Waals surface area (Å²) in [6.07, 6.45) is 2.32. The Morgan fingerprint density at radius 1 is 1.07 bits per heavy atom. The van der Waals surface area contributed by atoms with Crippen LogP contribution in [0.15, 0.2) is 42.5 Å². The molecular weight excluding hydrogens is 345 g/mol. The molecule has 0 aliphatic carbocycles. The van der Waals surface area contributed by atoms with Gasteiger partial charge in [-0.05, 0) is 43.2 Å². The Bertz CT molecular complexity index is 755. The summed E-state index contributed by atoms with van der Waals surface area (Å²) in [5.41, 5.74) is 0. The van der Waals surface area contributed by atoms with Gasteiger partial charge in [-0.25, -0.2) is 4.39 Å². The normalized spacial score (nSPS) is 23.0. The number of fused-ring (bicyclic) bond motifs is 1. The van der Waals surface area contributed by atoms with E-state index in [-0.39, 0.29) is 5.82 Å². The Labute approximate surface area is 159 Å². The summed E-state index contributed by atoms with van der Waals surface area (Å²) in [4.78, 5) is 9.52. The third-order valence-electron chi connectivity index (χ3n) is 5.55. The smallest absolute Gasteiger partial charge is 0.214 e. The number of nitrogens with zero attached hydrogens (tertiary/aromatic N) is 3. The van der Waals surface area contributed by atoms with Crippen LogP contribution in [-0.4, -0.2) is 55.8 Å². The molecule has 3 heterocycles. The highest BCUT2D eigenvalue weighted by molar-refractivity contribution is 5.41. The zero-order valence-corrected chi connectivity index (χ0v) is 15.7. The van der Waals surface area contributed by atoms with E-state index >= 15 is 0 Å². The van der Waals surface area contributed by atoms with E-state index in [9.17, 15) is 4.39 Å². The molecular formula is C21H26FN3O2. The number of piperidine rings is 1. The van der Waals surface area contributed by atoms with Gasteiger partial charge in [0.15, 0.2) is 0 Å². The van der Waals surface area contributed by atoms with Crippen LogP contribution in [0.4, 0.5) is 10.2 Å². The van der Waals surface area contributed by atoms with E-state index in [0.717, 1.165) is 50.6 Å². The third kappa shape index (κ3) is 4.33. The van der Waals surface area contributed by atoms with Gasteiger partial charge in [-0.2, -0.15) is 4.98 Å². The van der Waals surface area contributed by atoms with Gasteiger partial charge in [0.1, 0.15) is 17.4 Å². The fraction of sp³-hybridized carbons (Fsp3) is 0.476. The number of halogens is 1. The molecule has 1 aromatic heterocycles. The monoisotopic (exact) mass is 371 g/mol. The van der Waals surface area contributed by atoms with E-state index < -0.39 is 0 Å². The average molecular weight is 371 g/mol. The molecule has 0 bridgehead atoms. The second-order valence-electron chi connectivity index (χ2n) is 7.34. The number of methoxy groups -OCH3 is 1. The average Bonchev–Trinajstić information content (AvgIpc) is 2.73. The minimum absolute atomic E-state index is 0.230. The van der Waals surface area contributed by atoms with Crippen LogP contribution in [0.25, 0.3) is 0 Å². The summed E-state index contributed by atoms with van der Waals surface area (Å²) < 4.78 is 24.1. The van der Waals surface area contributed by atoms with Crippen LogP contribution in [0.5, 0.6) is 11.6 Å². The summed E-state index contributed by atoms with van der Waals surface area (Å²) in [7, 11) is 1.65. The van der Waals surface area contributed by atoms with Crippen molar-refractivity contribution < 1.29 is 13.9 Å². The van der Waals surface area contributed by atoms with Crippen molar-refractivity contribution in [3.05, 3.63) is 48.3 Å². The van der Waals surface area contributed by atoms with Crippen molar-refractivity contribution in [1.29, 1.82) is 0 Å². The summed E-state index contributed by atoms with van der Waals surface area (Å²) in [5.74, 6) is 2.69. The highest BCUT2D eigenvalue weighted by Crippen LogP contribution is 2.28. The van der Waals surface area contributed by atoms with Crippen molar-refractivity contribution in [3.8, 4) is 11.6 Å². The third-order valence-corrected chi connectivity index (χ3v) is 5.55. The molecule has 0 saturated carbocycles. The number of benzene rings is 1. The molecule has 0 unspecified atom stereocenters. The highest BCUT2D eigenvalue weighted by Gasteiger charge is 2.33. The van der Waals surface area contributed by atoms with Gasteiger partial charge in [-0.15, -0.1) is 0 Å². The SMILES string of the molecule is COc1cccc(N2CCN3C[C@H](COc4ccc(F)cc4)CC[C@H]3C2)n1. The Morgan fingerprint density at radius 3 is 2.74 bits per heavy atom. The lowest BCUT2D eigenvalue weighted by Crippen LogP contribution is -2.57. The number of hydrogen-bond acceptors (Lipinski definition) is 5. The molecule has 1 aromatic carbocycles. The molecule has 27 heavy (non-hydrogen) atoms. The quantitative estimate of drug-likeness (QED) is 0.807. The molecule has 6 heteroatoms. The molecule has 144 valence electrons. The lowest BCUT2D eigenvalue weighted by Gasteiger charge is -2.46. The molecule has 0 N–H and O–H groups in total. The maximum absolute atomic E-state index is 13.0. The maximum atomic E-state index is 13.0. The highest BCUT2D eigenvalue weighted by atomic mass is 19.1. The predicted octanol–water partition coefficient (Wildman–Crippen LogP) is 3.21. The van der Waals surface area contributed by atoms with Crippen molar-refractivity contribution in [2.45, 2.75) is 18.9 Å².